The van der Waals surface area contributed by atoms with Gasteiger partial charge in [-0.25, -0.2) is 0 Å². The summed E-state index contributed by atoms with van der Waals surface area (Å²) < 4.78 is 5.18. The maximum absolute atomic E-state index is 5.18. The lowest BCUT2D eigenvalue weighted by Crippen LogP contribution is -1.81. The van der Waals surface area contributed by atoms with E-state index in [1.807, 2.05) is 24.3 Å². The van der Waals surface area contributed by atoms with Gasteiger partial charge in [-0.05, 0) is 0 Å². The molecule has 0 aliphatic heterocycles. The van der Waals surface area contributed by atoms with Crippen LogP contribution in [0, 0.1) is 0 Å². The molecule has 1 aromatic heterocycles. The monoisotopic (exact) mass is 150 g/mol. The Bertz CT molecular complexity index is 351. The molecule has 0 fully saturated rings. The summed E-state index contributed by atoms with van der Waals surface area (Å²) >= 11 is 0. The number of rotatable bonds is 0. The molecule has 2 rings (SSSR count). The third-order valence-electron chi connectivity index (χ3n) is 1.54. The van der Waals surface area contributed by atoms with Crippen LogP contribution in [-0.4, -0.2) is 0 Å². The standard InChI is InChI=1S/C8H7OP/c10-8-7-4-2-1-3-6(7)5-9-8/h1-5H,10H2. The molecule has 0 radical (unpaired) electrons. The average molecular weight is 150 g/mol. The molecule has 10 heavy (non-hydrogen) atoms. The molecule has 1 aromatic carbocycles. The lowest BCUT2D eigenvalue weighted by molar-refractivity contribution is 0.609. The highest BCUT2D eigenvalue weighted by molar-refractivity contribution is 7.27. The summed E-state index contributed by atoms with van der Waals surface area (Å²) in [7, 11) is 2.56. The zero-order chi connectivity index (χ0) is 6.97. The van der Waals surface area contributed by atoms with E-state index in [0.717, 1.165) is 10.9 Å². The molecule has 0 saturated heterocycles. The van der Waals surface area contributed by atoms with Crippen LogP contribution in [0.5, 0.6) is 0 Å². The second kappa shape index (κ2) is 2.10. The Kier molecular flexibility index (Phi) is 1.25. The maximum Gasteiger partial charge on any atom is 0.127 e. The fraction of sp³-hybridized carbons (Fsp3) is 0. The summed E-state index contributed by atoms with van der Waals surface area (Å²) in [5.74, 6) is 0. The Morgan fingerprint density at radius 2 is 2.00 bits per heavy atom. The fourth-order valence-corrected chi connectivity index (χ4v) is 1.35. The SMILES string of the molecule is Pc1occ2ccccc12. The molecule has 2 heteroatoms. The zero-order valence-corrected chi connectivity index (χ0v) is 6.53. The summed E-state index contributed by atoms with van der Waals surface area (Å²) in [5.41, 5.74) is 0.913. The number of fused-ring (bicyclic) bond motifs is 1. The number of hydrogen-bond acceptors (Lipinski definition) is 1. The predicted octanol–water partition coefficient (Wildman–Crippen LogP) is 1.93. The minimum Gasteiger partial charge on any atom is -0.464 e. The van der Waals surface area contributed by atoms with Gasteiger partial charge in [0.1, 0.15) is 5.50 Å². The van der Waals surface area contributed by atoms with Crippen molar-refractivity contribution in [3.05, 3.63) is 30.5 Å². The smallest absolute Gasteiger partial charge is 0.127 e. The highest BCUT2D eigenvalue weighted by Gasteiger charge is 1.97. The van der Waals surface area contributed by atoms with E-state index in [4.69, 9.17) is 4.42 Å². The van der Waals surface area contributed by atoms with E-state index in [1.165, 1.54) is 5.39 Å². The van der Waals surface area contributed by atoms with Crippen molar-refractivity contribution in [3.8, 4) is 0 Å². The molecular weight excluding hydrogens is 143 g/mol. The Morgan fingerprint density at radius 1 is 1.20 bits per heavy atom. The molecular formula is C8H7OP. The molecule has 0 aliphatic carbocycles. The van der Waals surface area contributed by atoms with Gasteiger partial charge >= 0.3 is 0 Å². The number of hydrogen-bond donors (Lipinski definition) is 0. The Balaban J connectivity index is 2.93. The molecule has 1 heterocycles. The van der Waals surface area contributed by atoms with Crippen molar-refractivity contribution in [3.63, 3.8) is 0 Å². The van der Waals surface area contributed by atoms with E-state index in [9.17, 15) is 0 Å². The van der Waals surface area contributed by atoms with E-state index < -0.39 is 0 Å². The van der Waals surface area contributed by atoms with Crippen LogP contribution in [-0.2, 0) is 0 Å². The number of benzene rings is 1. The summed E-state index contributed by atoms with van der Waals surface area (Å²) in [6.07, 6.45) is 1.76. The van der Waals surface area contributed by atoms with Crippen LogP contribution in [0.2, 0.25) is 0 Å². The van der Waals surface area contributed by atoms with Gasteiger partial charge in [-0.15, -0.1) is 0 Å². The Labute approximate surface area is 61.2 Å². The van der Waals surface area contributed by atoms with Gasteiger partial charge in [0.25, 0.3) is 0 Å². The molecule has 0 bridgehead atoms. The summed E-state index contributed by atoms with van der Waals surface area (Å²) in [5, 5.41) is 2.33. The Hall–Kier alpha value is -0.810. The van der Waals surface area contributed by atoms with Crippen LogP contribution in [0.1, 0.15) is 0 Å². The molecule has 1 nitrogen and oxygen atoms in total. The van der Waals surface area contributed by atoms with E-state index >= 15 is 0 Å². The van der Waals surface area contributed by atoms with Crippen LogP contribution in [0.3, 0.4) is 0 Å². The van der Waals surface area contributed by atoms with Gasteiger partial charge < -0.3 is 4.42 Å². The quantitative estimate of drug-likeness (QED) is 0.523. The predicted molar refractivity (Wildman–Crippen MR) is 45.6 cm³/mol. The summed E-state index contributed by atoms with van der Waals surface area (Å²) in [6, 6.07) is 8.08. The zero-order valence-electron chi connectivity index (χ0n) is 5.37. The van der Waals surface area contributed by atoms with Crippen LogP contribution >= 0.6 is 9.24 Å². The van der Waals surface area contributed by atoms with Crippen molar-refractivity contribution in [1.29, 1.82) is 0 Å². The van der Waals surface area contributed by atoms with E-state index in [0.29, 0.717) is 0 Å². The lowest BCUT2D eigenvalue weighted by atomic mass is 10.2. The van der Waals surface area contributed by atoms with Crippen LogP contribution < -0.4 is 5.50 Å². The third-order valence-corrected chi connectivity index (χ3v) is 1.99. The topological polar surface area (TPSA) is 13.1 Å². The van der Waals surface area contributed by atoms with Crippen molar-refractivity contribution in [2.45, 2.75) is 0 Å². The highest BCUT2D eigenvalue weighted by atomic mass is 31.0. The van der Waals surface area contributed by atoms with Gasteiger partial charge in [0.05, 0.1) is 6.26 Å². The molecule has 0 amide bonds. The fourth-order valence-electron chi connectivity index (χ4n) is 1.01. The summed E-state index contributed by atoms with van der Waals surface area (Å²) in [6.45, 7) is 0. The molecule has 0 saturated carbocycles. The molecule has 50 valence electrons. The van der Waals surface area contributed by atoms with Crippen molar-refractivity contribution in [2.75, 3.05) is 0 Å². The van der Waals surface area contributed by atoms with Gasteiger partial charge in [0.2, 0.25) is 0 Å². The van der Waals surface area contributed by atoms with Gasteiger partial charge in [-0.2, -0.15) is 0 Å². The second-order valence-corrected chi connectivity index (χ2v) is 2.71. The largest absolute Gasteiger partial charge is 0.464 e. The first kappa shape index (κ1) is 5.94. The number of furan rings is 1. The maximum atomic E-state index is 5.18. The highest BCUT2D eigenvalue weighted by Crippen LogP contribution is 2.13. The Morgan fingerprint density at radius 3 is 2.80 bits per heavy atom. The van der Waals surface area contributed by atoms with Crippen molar-refractivity contribution in [1.82, 2.24) is 0 Å². The van der Waals surface area contributed by atoms with Gasteiger partial charge in [-0.3, -0.25) is 0 Å². The average Bonchev–Trinajstić information content (AvgIpc) is 2.34. The molecule has 1 unspecified atom stereocenters. The van der Waals surface area contributed by atoms with Crippen LogP contribution in [0.4, 0.5) is 0 Å². The van der Waals surface area contributed by atoms with Crippen molar-refractivity contribution < 1.29 is 4.42 Å². The summed E-state index contributed by atoms with van der Waals surface area (Å²) in [4.78, 5) is 0. The van der Waals surface area contributed by atoms with Gasteiger partial charge in [0, 0.05) is 10.8 Å². The lowest BCUT2D eigenvalue weighted by Gasteiger charge is -1.84. The van der Waals surface area contributed by atoms with Crippen molar-refractivity contribution >= 4 is 25.5 Å². The second-order valence-electron chi connectivity index (χ2n) is 2.19. The van der Waals surface area contributed by atoms with E-state index in [1.54, 1.807) is 6.26 Å². The first-order valence-electron chi connectivity index (χ1n) is 3.09. The molecule has 1 atom stereocenters. The van der Waals surface area contributed by atoms with Crippen LogP contribution in [0.15, 0.2) is 34.9 Å². The first-order valence-corrected chi connectivity index (χ1v) is 3.67. The molecule has 0 spiro atoms. The molecule has 2 aromatic rings. The normalized spacial score (nSPS) is 10.5. The molecule has 0 aliphatic rings. The molecule has 0 N–H and O–H groups in total. The van der Waals surface area contributed by atoms with E-state index in [2.05, 4.69) is 9.24 Å². The van der Waals surface area contributed by atoms with Crippen molar-refractivity contribution in [2.24, 2.45) is 0 Å². The minimum atomic E-state index is 0.913. The van der Waals surface area contributed by atoms with Gasteiger partial charge in [-0.1, -0.05) is 33.5 Å². The van der Waals surface area contributed by atoms with E-state index in [-0.39, 0.29) is 0 Å². The van der Waals surface area contributed by atoms with Crippen LogP contribution in [0.25, 0.3) is 10.8 Å². The first-order chi connectivity index (χ1) is 4.88. The van der Waals surface area contributed by atoms with Gasteiger partial charge in [0.15, 0.2) is 0 Å². The third kappa shape index (κ3) is 0.748. The minimum absolute atomic E-state index is 0.913.